The highest BCUT2D eigenvalue weighted by atomic mass is 16.5. The van der Waals surface area contributed by atoms with Gasteiger partial charge in [-0.15, -0.1) is 0 Å². The summed E-state index contributed by atoms with van der Waals surface area (Å²) in [6.07, 6.45) is -0.161. The van der Waals surface area contributed by atoms with Crippen molar-refractivity contribution >= 4 is 23.3 Å². The van der Waals surface area contributed by atoms with Gasteiger partial charge in [0.15, 0.2) is 0 Å². The summed E-state index contributed by atoms with van der Waals surface area (Å²) in [6, 6.07) is 31.6. The summed E-state index contributed by atoms with van der Waals surface area (Å²) in [6.45, 7) is 5.54. The van der Waals surface area contributed by atoms with Crippen LogP contribution < -0.4 is 20.1 Å². The number of aliphatic hydroxyl groups excluding tert-OH is 1. The van der Waals surface area contributed by atoms with E-state index in [2.05, 4.69) is 41.6 Å². The smallest absolute Gasteiger partial charge is 0.323 e. The summed E-state index contributed by atoms with van der Waals surface area (Å²) in [4.78, 5) is 30.2. The second-order valence-corrected chi connectivity index (χ2v) is 11.9. The second kappa shape index (κ2) is 15.4. The van der Waals surface area contributed by atoms with Gasteiger partial charge in [0.1, 0.15) is 23.4 Å². The molecule has 9 nitrogen and oxygen atoms in total. The average Bonchev–Trinajstić information content (AvgIpc) is 3.09. The summed E-state index contributed by atoms with van der Waals surface area (Å²) in [5, 5.41) is 15.6. The number of hydrogen-bond donors (Lipinski definition) is 3. The van der Waals surface area contributed by atoms with Crippen LogP contribution in [-0.4, -0.2) is 65.7 Å². The highest BCUT2D eigenvalue weighted by Gasteiger charge is 2.31. The highest BCUT2D eigenvalue weighted by molar-refractivity contribution is 5.99. The van der Waals surface area contributed by atoms with Crippen LogP contribution in [0.5, 0.6) is 17.2 Å². The Labute approximate surface area is 270 Å². The molecule has 4 aromatic rings. The third-order valence-electron chi connectivity index (χ3n) is 8.05. The standard InChI is InChI=1S/C37H42N4O5/c1-26-22-41(27(2)25-42)36(43)21-29-20-31(39-37(44)38-30-10-6-4-7-11-30)16-19-34(29)46-35(26)24-40(3)23-28-14-17-33(18-15-28)45-32-12-8-5-9-13-32/h4-20,26-27,35,42H,21-25H2,1-3H3,(H2,38,39,44)/t26-,27-,35-/m0/s1. The van der Waals surface area contributed by atoms with Crippen LogP contribution in [0.3, 0.4) is 0 Å². The largest absolute Gasteiger partial charge is 0.488 e. The molecule has 0 fully saturated rings. The number of urea groups is 1. The van der Waals surface area contributed by atoms with Gasteiger partial charge in [-0.3, -0.25) is 9.69 Å². The van der Waals surface area contributed by atoms with Gasteiger partial charge in [-0.05, 0) is 74.1 Å². The number of carbonyl (C=O) groups excluding carboxylic acids is 2. The molecular formula is C37H42N4O5. The van der Waals surface area contributed by atoms with Crippen molar-refractivity contribution in [1.82, 2.24) is 9.80 Å². The van der Waals surface area contributed by atoms with E-state index in [4.69, 9.17) is 9.47 Å². The monoisotopic (exact) mass is 622 g/mol. The van der Waals surface area contributed by atoms with Gasteiger partial charge in [0, 0.05) is 42.5 Å². The Balaban J connectivity index is 1.30. The zero-order valence-electron chi connectivity index (χ0n) is 26.6. The maximum atomic E-state index is 13.6. The van der Waals surface area contributed by atoms with E-state index in [1.165, 1.54) is 0 Å². The van der Waals surface area contributed by atoms with E-state index in [1.54, 1.807) is 29.2 Å². The maximum Gasteiger partial charge on any atom is 0.323 e. The number of rotatable bonds is 10. The molecule has 1 heterocycles. The minimum absolute atomic E-state index is 0.0255. The molecule has 0 radical (unpaired) electrons. The van der Waals surface area contributed by atoms with Crippen LogP contribution in [0.15, 0.2) is 103 Å². The first-order valence-electron chi connectivity index (χ1n) is 15.6. The minimum atomic E-state index is -0.384. The summed E-state index contributed by atoms with van der Waals surface area (Å²) in [5.41, 5.74) is 3.03. The lowest BCUT2D eigenvalue weighted by Crippen LogP contribution is -2.47. The van der Waals surface area contributed by atoms with Crippen molar-refractivity contribution in [1.29, 1.82) is 0 Å². The summed E-state index contributed by atoms with van der Waals surface area (Å²) in [5.74, 6) is 2.05. The number of benzene rings is 4. The predicted molar refractivity (Wildman–Crippen MR) is 180 cm³/mol. The van der Waals surface area contributed by atoms with E-state index in [9.17, 15) is 14.7 Å². The van der Waals surface area contributed by atoms with Crippen molar-refractivity contribution in [2.75, 3.05) is 37.4 Å². The highest BCUT2D eigenvalue weighted by Crippen LogP contribution is 2.30. The Morgan fingerprint density at radius 1 is 0.957 bits per heavy atom. The normalized spacial score (nSPS) is 17.2. The number of nitrogens with one attached hydrogen (secondary N) is 2. The van der Waals surface area contributed by atoms with Gasteiger partial charge in [-0.25, -0.2) is 4.79 Å². The van der Waals surface area contributed by atoms with Crippen LogP contribution in [0, 0.1) is 5.92 Å². The predicted octanol–water partition coefficient (Wildman–Crippen LogP) is 6.40. The summed E-state index contributed by atoms with van der Waals surface area (Å²) >= 11 is 0. The number of para-hydroxylation sites is 2. The fourth-order valence-corrected chi connectivity index (χ4v) is 5.51. The van der Waals surface area contributed by atoms with Crippen LogP contribution in [-0.2, 0) is 17.8 Å². The van der Waals surface area contributed by atoms with Crippen molar-refractivity contribution in [3.63, 3.8) is 0 Å². The lowest BCUT2D eigenvalue weighted by atomic mass is 10.0. The van der Waals surface area contributed by atoms with Gasteiger partial charge < -0.3 is 30.1 Å². The molecule has 5 rings (SSSR count). The Morgan fingerprint density at radius 2 is 1.61 bits per heavy atom. The first kappa shape index (κ1) is 32.5. The van der Waals surface area contributed by atoms with E-state index in [-0.39, 0.29) is 43.0 Å². The van der Waals surface area contributed by atoms with Crippen molar-refractivity contribution < 1.29 is 24.2 Å². The maximum absolute atomic E-state index is 13.6. The van der Waals surface area contributed by atoms with Gasteiger partial charge in [-0.1, -0.05) is 55.5 Å². The Bertz CT molecular complexity index is 1580. The topological polar surface area (TPSA) is 103 Å². The van der Waals surface area contributed by atoms with Gasteiger partial charge in [0.05, 0.1) is 19.1 Å². The number of hydrogen-bond acceptors (Lipinski definition) is 6. The first-order valence-corrected chi connectivity index (χ1v) is 15.6. The van der Waals surface area contributed by atoms with Crippen molar-refractivity contribution in [2.45, 2.75) is 39.0 Å². The summed E-state index contributed by atoms with van der Waals surface area (Å²) < 4.78 is 12.6. The van der Waals surface area contributed by atoms with E-state index >= 15 is 0 Å². The Kier molecular flexibility index (Phi) is 10.9. The minimum Gasteiger partial charge on any atom is -0.488 e. The number of ether oxygens (including phenoxy) is 2. The van der Waals surface area contributed by atoms with E-state index in [0.717, 1.165) is 17.1 Å². The van der Waals surface area contributed by atoms with Gasteiger partial charge in [0.25, 0.3) is 0 Å². The molecule has 0 bridgehead atoms. The van der Waals surface area contributed by atoms with Crippen molar-refractivity contribution in [2.24, 2.45) is 5.92 Å². The zero-order valence-corrected chi connectivity index (χ0v) is 26.6. The van der Waals surface area contributed by atoms with Gasteiger partial charge in [0.2, 0.25) is 5.91 Å². The molecule has 9 heteroatoms. The molecule has 1 aliphatic heterocycles. The van der Waals surface area contributed by atoms with E-state index in [0.29, 0.717) is 42.3 Å². The van der Waals surface area contributed by atoms with Crippen molar-refractivity contribution in [3.05, 3.63) is 114 Å². The molecular weight excluding hydrogens is 580 g/mol. The molecule has 3 N–H and O–H groups in total. The molecule has 240 valence electrons. The van der Waals surface area contributed by atoms with Crippen molar-refractivity contribution in [3.8, 4) is 17.2 Å². The SMILES string of the molecule is C[C@H]1CN([C@@H](C)CO)C(=O)Cc2cc(NC(=O)Nc3ccccc3)ccc2O[C@H]1CN(C)Cc1ccc(Oc2ccccc2)cc1. The Morgan fingerprint density at radius 3 is 2.30 bits per heavy atom. The fourth-order valence-electron chi connectivity index (χ4n) is 5.51. The molecule has 4 aromatic carbocycles. The second-order valence-electron chi connectivity index (χ2n) is 11.9. The lowest BCUT2D eigenvalue weighted by Gasteiger charge is -2.34. The molecule has 0 unspecified atom stereocenters. The molecule has 0 aromatic heterocycles. The van der Waals surface area contributed by atoms with E-state index in [1.807, 2.05) is 73.7 Å². The number of carbonyl (C=O) groups is 2. The average molecular weight is 623 g/mol. The van der Waals surface area contributed by atoms with Crippen LogP contribution in [0.1, 0.15) is 25.0 Å². The van der Waals surface area contributed by atoms with Crippen LogP contribution >= 0.6 is 0 Å². The Hall–Kier alpha value is -4.86. The number of likely N-dealkylation sites (N-methyl/N-ethyl adjacent to an activating group) is 1. The molecule has 3 amide bonds. The number of nitrogens with zero attached hydrogens (tertiary/aromatic N) is 2. The van der Waals surface area contributed by atoms with Crippen LogP contribution in [0.25, 0.3) is 0 Å². The third kappa shape index (κ3) is 8.87. The van der Waals surface area contributed by atoms with E-state index < -0.39 is 0 Å². The lowest BCUT2D eigenvalue weighted by molar-refractivity contribution is -0.134. The molecule has 1 aliphatic rings. The molecule has 0 spiro atoms. The number of amides is 3. The molecule has 0 aliphatic carbocycles. The van der Waals surface area contributed by atoms with Gasteiger partial charge >= 0.3 is 6.03 Å². The molecule has 46 heavy (non-hydrogen) atoms. The molecule has 3 atom stereocenters. The summed E-state index contributed by atoms with van der Waals surface area (Å²) in [7, 11) is 2.05. The molecule has 0 saturated heterocycles. The zero-order chi connectivity index (χ0) is 32.5. The number of aliphatic hydroxyl groups is 1. The van der Waals surface area contributed by atoms with Gasteiger partial charge in [-0.2, -0.15) is 0 Å². The van der Waals surface area contributed by atoms with Crippen LogP contribution in [0.2, 0.25) is 0 Å². The number of fused-ring (bicyclic) bond motifs is 1. The quantitative estimate of drug-likeness (QED) is 0.189. The van der Waals surface area contributed by atoms with Crippen LogP contribution in [0.4, 0.5) is 16.2 Å². The first-order chi connectivity index (χ1) is 22.3. The number of anilines is 2. The fraction of sp³-hybridized carbons (Fsp3) is 0.297. The molecule has 0 saturated carbocycles. The third-order valence-corrected chi connectivity index (χ3v) is 8.05.